The van der Waals surface area contributed by atoms with Crippen molar-refractivity contribution >= 4 is 38.9 Å². The normalized spacial score (nSPS) is 15.6. The summed E-state index contributed by atoms with van der Waals surface area (Å²) in [5.41, 5.74) is 4.20. The zero-order valence-corrected chi connectivity index (χ0v) is 16.8. The maximum atomic E-state index is 12.8. The molecule has 136 valence electrons. The Bertz CT molecular complexity index is 1170. The van der Waals surface area contributed by atoms with Crippen molar-refractivity contribution in [3.8, 4) is 5.75 Å². The maximum absolute atomic E-state index is 12.8. The van der Waals surface area contributed by atoms with Crippen molar-refractivity contribution in [2.45, 2.75) is 19.3 Å². The van der Waals surface area contributed by atoms with Crippen molar-refractivity contribution in [1.82, 2.24) is 0 Å². The third-order valence-electron chi connectivity index (χ3n) is 5.37. The van der Waals surface area contributed by atoms with Crippen LogP contribution in [-0.2, 0) is 5.41 Å². The first kappa shape index (κ1) is 17.7. The molecule has 2 aromatic carbocycles. The largest absolute Gasteiger partial charge is 0.497 e. The molecular formula is C23H22NO2S+. The highest BCUT2D eigenvalue weighted by Gasteiger charge is 2.43. The summed E-state index contributed by atoms with van der Waals surface area (Å²) in [5, 5.41) is 2.72. The van der Waals surface area contributed by atoms with Crippen LogP contribution in [0.2, 0.25) is 0 Å². The number of rotatable bonds is 3. The van der Waals surface area contributed by atoms with E-state index < -0.39 is 0 Å². The zero-order valence-electron chi connectivity index (χ0n) is 15.9. The van der Waals surface area contributed by atoms with Crippen molar-refractivity contribution in [3.63, 3.8) is 0 Å². The lowest BCUT2D eigenvalue weighted by Gasteiger charge is -2.16. The fourth-order valence-corrected chi connectivity index (χ4v) is 4.70. The van der Waals surface area contributed by atoms with E-state index >= 15 is 0 Å². The minimum atomic E-state index is -0.168. The number of ether oxygens (including phenoxy) is 1. The lowest BCUT2D eigenvalue weighted by atomic mass is 9.81. The first-order valence-electron chi connectivity index (χ1n) is 8.92. The number of allylic oxidation sites excluding steroid dienone is 1. The molecule has 1 aliphatic heterocycles. The van der Waals surface area contributed by atoms with Crippen LogP contribution in [0.25, 0.3) is 16.2 Å². The molecule has 0 N–H and O–H groups in total. The number of fused-ring (bicyclic) bond motifs is 2. The third kappa shape index (κ3) is 2.81. The summed E-state index contributed by atoms with van der Waals surface area (Å²) < 4.78 is 8.62. The van der Waals surface area contributed by atoms with Gasteiger partial charge in [0.25, 0.3) is 0 Å². The SMILES string of the molecule is COc1ccc2c(c1)C(C)(C)C(/C=C/c1csc3ccccc3c1=O)=[N+]2C. The van der Waals surface area contributed by atoms with Gasteiger partial charge in [0, 0.05) is 38.7 Å². The predicted molar refractivity (Wildman–Crippen MR) is 114 cm³/mol. The average Bonchev–Trinajstić information content (AvgIpc) is 2.87. The van der Waals surface area contributed by atoms with Gasteiger partial charge in [0.2, 0.25) is 5.69 Å². The second-order valence-electron chi connectivity index (χ2n) is 7.30. The Morgan fingerprint density at radius 2 is 1.89 bits per heavy atom. The number of methoxy groups -OCH3 is 1. The van der Waals surface area contributed by atoms with Crippen molar-refractivity contribution in [3.05, 3.63) is 75.3 Å². The van der Waals surface area contributed by atoms with Gasteiger partial charge in [-0.3, -0.25) is 4.79 Å². The second-order valence-corrected chi connectivity index (χ2v) is 8.21. The lowest BCUT2D eigenvalue weighted by molar-refractivity contribution is -0.401. The fraction of sp³-hybridized carbons (Fsp3) is 0.217. The molecule has 4 rings (SSSR count). The molecular weight excluding hydrogens is 354 g/mol. The van der Waals surface area contributed by atoms with Gasteiger partial charge < -0.3 is 4.74 Å². The Kier molecular flexibility index (Phi) is 4.23. The number of benzene rings is 2. The van der Waals surface area contributed by atoms with E-state index in [0.29, 0.717) is 0 Å². The van der Waals surface area contributed by atoms with Crippen LogP contribution >= 0.6 is 11.3 Å². The average molecular weight is 377 g/mol. The van der Waals surface area contributed by atoms with E-state index in [4.69, 9.17) is 4.74 Å². The van der Waals surface area contributed by atoms with Crippen LogP contribution in [0.15, 0.2) is 58.7 Å². The molecule has 1 aromatic heterocycles. The number of hydrogen-bond donors (Lipinski definition) is 0. The van der Waals surface area contributed by atoms with Crippen LogP contribution in [0, 0.1) is 0 Å². The summed E-state index contributed by atoms with van der Waals surface area (Å²) in [4.78, 5) is 12.8. The molecule has 0 unspecified atom stereocenters. The highest BCUT2D eigenvalue weighted by Crippen LogP contribution is 2.41. The summed E-state index contributed by atoms with van der Waals surface area (Å²) in [5.74, 6) is 0.860. The molecule has 27 heavy (non-hydrogen) atoms. The van der Waals surface area contributed by atoms with Crippen molar-refractivity contribution in [2.75, 3.05) is 14.2 Å². The van der Waals surface area contributed by atoms with Gasteiger partial charge in [0.15, 0.2) is 11.1 Å². The van der Waals surface area contributed by atoms with E-state index in [2.05, 4.69) is 43.7 Å². The molecule has 0 saturated heterocycles. The van der Waals surface area contributed by atoms with Gasteiger partial charge in [-0.1, -0.05) is 12.1 Å². The van der Waals surface area contributed by atoms with Gasteiger partial charge in [-0.05, 0) is 44.2 Å². The molecule has 0 fully saturated rings. The Balaban J connectivity index is 1.78. The first-order valence-corrected chi connectivity index (χ1v) is 9.80. The van der Waals surface area contributed by atoms with Crippen molar-refractivity contribution in [1.29, 1.82) is 0 Å². The standard InChI is InChI=1S/C23H22NO2S/c1-23(2)18-13-16(26-4)10-11-19(18)24(3)21(23)12-9-15-14-27-20-8-6-5-7-17(20)22(15)25/h5-14H,1-4H3/q+1/b12-9+. The van der Waals surface area contributed by atoms with Gasteiger partial charge in [0.1, 0.15) is 12.8 Å². The Hall–Kier alpha value is -2.72. The van der Waals surface area contributed by atoms with Crippen LogP contribution in [0.5, 0.6) is 5.75 Å². The minimum absolute atomic E-state index is 0.0823. The monoisotopic (exact) mass is 376 g/mol. The van der Waals surface area contributed by atoms with E-state index in [1.54, 1.807) is 18.4 Å². The highest BCUT2D eigenvalue weighted by atomic mass is 32.1. The van der Waals surface area contributed by atoms with Gasteiger partial charge in [0.05, 0.1) is 12.5 Å². The van der Waals surface area contributed by atoms with E-state index in [9.17, 15) is 4.79 Å². The summed E-state index contributed by atoms with van der Waals surface area (Å²) >= 11 is 1.60. The van der Waals surface area contributed by atoms with Crippen molar-refractivity contribution in [2.24, 2.45) is 0 Å². The quantitative estimate of drug-likeness (QED) is 0.603. The van der Waals surface area contributed by atoms with Crippen LogP contribution in [-0.4, -0.2) is 24.4 Å². The lowest BCUT2D eigenvalue weighted by Crippen LogP contribution is -2.26. The fourth-order valence-electron chi connectivity index (χ4n) is 3.82. The summed E-state index contributed by atoms with van der Waals surface area (Å²) in [6, 6.07) is 13.9. The molecule has 2 heterocycles. The van der Waals surface area contributed by atoms with Crippen LogP contribution in [0.1, 0.15) is 25.0 Å². The topological polar surface area (TPSA) is 29.3 Å². The van der Waals surface area contributed by atoms with Crippen molar-refractivity contribution < 1.29 is 9.31 Å². The predicted octanol–water partition coefficient (Wildman–Crippen LogP) is 4.99. The molecule has 4 heteroatoms. The van der Waals surface area contributed by atoms with Gasteiger partial charge >= 0.3 is 0 Å². The third-order valence-corrected chi connectivity index (χ3v) is 6.35. The molecule has 0 aliphatic carbocycles. The number of hydrogen-bond acceptors (Lipinski definition) is 3. The molecule has 0 saturated carbocycles. The molecule has 0 atom stereocenters. The number of nitrogens with zero attached hydrogens (tertiary/aromatic N) is 1. The zero-order chi connectivity index (χ0) is 19.2. The van der Waals surface area contributed by atoms with Crippen LogP contribution in [0.3, 0.4) is 0 Å². The van der Waals surface area contributed by atoms with E-state index in [1.807, 2.05) is 41.8 Å². The molecule has 0 spiro atoms. The second kappa shape index (κ2) is 6.46. The smallest absolute Gasteiger partial charge is 0.209 e. The molecule has 0 radical (unpaired) electrons. The van der Waals surface area contributed by atoms with Gasteiger partial charge in [-0.25, -0.2) is 0 Å². The molecule has 1 aliphatic rings. The maximum Gasteiger partial charge on any atom is 0.209 e. The Morgan fingerprint density at radius 3 is 2.67 bits per heavy atom. The summed E-state index contributed by atoms with van der Waals surface area (Å²) in [6.45, 7) is 4.41. The molecule has 3 nitrogen and oxygen atoms in total. The van der Waals surface area contributed by atoms with Gasteiger partial charge in [-0.15, -0.1) is 11.3 Å². The van der Waals surface area contributed by atoms with Gasteiger partial charge in [-0.2, -0.15) is 4.58 Å². The Morgan fingerprint density at radius 1 is 1.11 bits per heavy atom. The van der Waals surface area contributed by atoms with E-state index in [1.165, 1.54) is 11.3 Å². The van der Waals surface area contributed by atoms with E-state index in [0.717, 1.165) is 27.1 Å². The molecule has 0 bridgehead atoms. The summed E-state index contributed by atoms with van der Waals surface area (Å²) in [7, 11) is 3.76. The molecule has 3 aromatic rings. The van der Waals surface area contributed by atoms with E-state index in [-0.39, 0.29) is 10.8 Å². The highest BCUT2D eigenvalue weighted by molar-refractivity contribution is 7.16. The van der Waals surface area contributed by atoms with Crippen LogP contribution < -0.4 is 10.2 Å². The minimum Gasteiger partial charge on any atom is -0.497 e. The van der Waals surface area contributed by atoms with Crippen LogP contribution in [0.4, 0.5) is 5.69 Å². The Labute approximate surface area is 162 Å². The first-order chi connectivity index (χ1) is 12.9. The molecule has 0 amide bonds. The summed E-state index contributed by atoms with van der Waals surface area (Å²) in [6.07, 6.45) is 4.02.